The van der Waals surface area contributed by atoms with Gasteiger partial charge in [-0.2, -0.15) is 0 Å². The average Bonchev–Trinajstić information content (AvgIpc) is 3.22. The van der Waals surface area contributed by atoms with Gasteiger partial charge in [0.1, 0.15) is 0 Å². The molecule has 0 unspecified atom stereocenters. The molecule has 138 valence electrons. The lowest BCUT2D eigenvalue weighted by atomic mass is 10.1. The minimum atomic E-state index is -3.27. The highest BCUT2D eigenvalue weighted by molar-refractivity contribution is 7.99. The van der Waals surface area contributed by atoms with Gasteiger partial charge in [-0.05, 0) is 49.9 Å². The molecular weight excluding hydrogens is 374 g/mol. The molecule has 2 aliphatic rings. The molecule has 0 spiro atoms. The minimum absolute atomic E-state index is 0.0410. The van der Waals surface area contributed by atoms with Gasteiger partial charge in [-0.15, -0.1) is 10.2 Å². The number of ketones is 1. The van der Waals surface area contributed by atoms with E-state index in [0.717, 1.165) is 18.4 Å². The maximum Gasteiger partial charge on any atom is 0.277 e. The molecule has 2 aromatic rings. The molecule has 0 N–H and O–H groups in total. The molecule has 7 nitrogen and oxygen atoms in total. The summed E-state index contributed by atoms with van der Waals surface area (Å²) < 4.78 is 31.2. The first-order valence-electron chi connectivity index (χ1n) is 8.60. The van der Waals surface area contributed by atoms with Crippen molar-refractivity contribution in [3.05, 3.63) is 35.2 Å². The summed E-state index contributed by atoms with van der Waals surface area (Å²) in [6.45, 7) is 2.07. The summed E-state index contributed by atoms with van der Waals surface area (Å²) in [6, 6.07) is 5.22. The van der Waals surface area contributed by atoms with E-state index >= 15 is 0 Å². The number of carbonyl (C=O) groups excluding carboxylic acids is 1. The topological polar surface area (TPSA) is 93.4 Å². The predicted molar refractivity (Wildman–Crippen MR) is 98.3 cm³/mol. The molecule has 1 aromatic heterocycles. The summed E-state index contributed by atoms with van der Waals surface area (Å²) in [5.41, 5.74) is 2.16. The number of benzene rings is 1. The highest BCUT2D eigenvalue weighted by atomic mass is 32.2. The second kappa shape index (κ2) is 6.70. The van der Waals surface area contributed by atoms with E-state index in [9.17, 15) is 13.2 Å². The largest absolute Gasteiger partial charge is 0.416 e. The molecule has 0 radical (unpaired) electrons. The Morgan fingerprint density at radius 2 is 2.15 bits per heavy atom. The molecule has 0 saturated heterocycles. The number of sulfonamides is 1. The summed E-state index contributed by atoms with van der Waals surface area (Å²) >= 11 is 1.23. The van der Waals surface area contributed by atoms with Gasteiger partial charge in [-0.25, -0.2) is 8.42 Å². The number of carbonyl (C=O) groups is 1. The fourth-order valence-electron chi connectivity index (χ4n) is 2.97. The van der Waals surface area contributed by atoms with Gasteiger partial charge in [-0.1, -0.05) is 11.8 Å². The van der Waals surface area contributed by atoms with Crippen molar-refractivity contribution in [1.29, 1.82) is 0 Å². The van der Waals surface area contributed by atoms with Gasteiger partial charge in [0.2, 0.25) is 15.9 Å². The number of hydrogen-bond donors (Lipinski definition) is 0. The average molecular weight is 393 g/mol. The summed E-state index contributed by atoms with van der Waals surface area (Å²) in [6.07, 6.45) is 2.80. The first kappa shape index (κ1) is 17.5. The van der Waals surface area contributed by atoms with E-state index in [0.29, 0.717) is 41.2 Å². The Labute approximate surface area is 156 Å². The Bertz CT molecular complexity index is 951. The van der Waals surface area contributed by atoms with Crippen LogP contribution in [0.5, 0.6) is 0 Å². The van der Waals surface area contributed by atoms with Gasteiger partial charge >= 0.3 is 0 Å². The third-order valence-electron chi connectivity index (χ3n) is 4.63. The number of thioether (sulfide) groups is 1. The van der Waals surface area contributed by atoms with Crippen molar-refractivity contribution in [1.82, 2.24) is 10.2 Å². The molecular formula is C17H19N3O4S2. The van der Waals surface area contributed by atoms with E-state index < -0.39 is 10.0 Å². The first-order chi connectivity index (χ1) is 12.5. The second-order valence-electron chi connectivity index (χ2n) is 6.46. The van der Waals surface area contributed by atoms with E-state index in [1.807, 2.05) is 0 Å². The Kier molecular flexibility index (Phi) is 4.52. The fraction of sp³-hybridized carbons (Fsp3) is 0.471. The van der Waals surface area contributed by atoms with E-state index in [4.69, 9.17) is 4.42 Å². The normalized spacial score (nSPS) is 16.7. The zero-order chi connectivity index (χ0) is 18.3. The van der Waals surface area contributed by atoms with Gasteiger partial charge in [-0.3, -0.25) is 9.10 Å². The van der Waals surface area contributed by atoms with Gasteiger partial charge in [0.15, 0.2) is 5.78 Å². The van der Waals surface area contributed by atoms with Crippen LogP contribution in [0, 0.1) is 0 Å². The van der Waals surface area contributed by atoms with Crippen LogP contribution in [0.4, 0.5) is 5.69 Å². The second-order valence-corrected chi connectivity index (χ2v) is 9.57. The maximum atomic E-state index is 12.5. The number of Topliss-reactive ketones (excluding diaryl/α,β-unsaturated/α-hetero) is 1. The van der Waals surface area contributed by atoms with Gasteiger partial charge in [0, 0.05) is 18.0 Å². The molecule has 1 saturated carbocycles. The van der Waals surface area contributed by atoms with Crippen LogP contribution in [-0.4, -0.2) is 42.4 Å². The van der Waals surface area contributed by atoms with Crippen LogP contribution in [0.2, 0.25) is 0 Å². The van der Waals surface area contributed by atoms with E-state index in [1.165, 1.54) is 16.1 Å². The molecule has 0 atom stereocenters. The summed E-state index contributed by atoms with van der Waals surface area (Å²) in [7, 11) is -3.27. The molecule has 26 heavy (non-hydrogen) atoms. The third-order valence-corrected chi connectivity index (χ3v) is 7.23. The quantitative estimate of drug-likeness (QED) is 0.527. The minimum Gasteiger partial charge on any atom is -0.416 e. The highest BCUT2D eigenvalue weighted by Crippen LogP contribution is 2.40. The van der Waals surface area contributed by atoms with Crippen molar-refractivity contribution >= 4 is 33.3 Å². The van der Waals surface area contributed by atoms with E-state index in [-0.39, 0.29) is 17.3 Å². The van der Waals surface area contributed by atoms with Gasteiger partial charge in [0.25, 0.3) is 5.22 Å². The third kappa shape index (κ3) is 3.37. The fourth-order valence-corrected chi connectivity index (χ4v) is 4.80. The first-order valence-corrected chi connectivity index (χ1v) is 11.2. The molecule has 4 rings (SSSR count). The molecule has 0 amide bonds. The van der Waals surface area contributed by atoms with Crippen molar-refractivity contribution in [2.45, 2.75) is 37.3 Å². The van der Waals surface area contributed by atoms with Crippen LogP contribution in [0.1, 0.15) is 47.5 Å². The number of anilines is 1. The number of aromatic nitrogens is 2. The van der Waals surface area contributed by atoms with E-state index in [1.54, 1.807) is 25.1 Å². The smallest absolute Gasteiger partial charge is 0.277 e. The predicted octanol–water partition coefficient (Wildman–Crippen LogP) is 2.63. The van der Waals surface area contributed by atoms with Crippen molar-refractivity contribution in [2.75, 3.05) is 22.4 Å². The molecule has 0 bridgehead atoms. The molecule has 1 aliphatic carbocycles. The summed E-state index contributed by atoms with van der Waals surface area (Å²) in [4.78, 5) is 12.5. The Morgan fingerprint density at radius 3 is 2.88 bits per heavy atom. The number of nitrogens with zero attached hydrogens (tertiary/aromatic N) is 3. The lowest BCUT2D eigenvalue weighted by Gasteiger charge is -2.18. The number of fused-ring (bicyclic) bond motifs is 1. The Balaban J connectivity index is 1.44. The lowest BCUT2D eigenvalue weighted by Crippen LogP contribution is -2.30. The Hall–Kier alpha value is -1.87. The van der Waals surface area contributed by atoms with Crippen LogP contribution >= 0.6 is 11.8 Å². The zero-order valence-corrected chi connectivity index (χ0v) is 16.0. The van der Waals surface area contributed by atoms with Crippen molar-refractivity contribution in [3.63, 3.8) is 0 Å². The van der Waals surface area contributed by atoms with Crippen LogP contribution in [0.3, 0.4) is 0 Å². The Morgan fingerprint density at radius 1 is 1.35 bits per heavy atom. The molecule has 1 fully saturated rings. The monoisotopic (exact) mass is 393 g/mol. The van der Waals surface area contributed by atoms with Crippen LogP contribution < -0.4 is 4.31 Å². The van der Waals surface area contributed by atoms with Crippen LogP contribution in [-0.2, 0) is 16.4 Å². The molecule has 2 heterocycles. The summed E-state index contributed by atoms with van der Waals surface area (Å²) in [5, 5.41) is 8.39. The standard InChI is InChI=1S/C17H19N3O4S2/c1-2-26(22,23)20-8-7-12-9-13(5-6-14(12)20)15(21)10-25-17-19-18-16(24-17)11-3-4-11/h5-6,9,11H,2-4,7-8,10H2,1H3. The maximum absolute atomic E-state index is 12.5. The molecule has 9 heteroatoms. The summed E-state index contributed by atoms with van der Waals surface area (Å²) in [5.74, 6) is 1.29. The van der Waals surface area contributed by atoms with Crippen LogP contribution in [0.15, 0.2) is 27.8 Å². The van der Waals surface area contributed by atoms with E-state index in [2.05, 4.69) is 10.2 Å². The van der Waals surface area contributed by atoms with Crippen molar-refractivity contribution in [3.8, 4) is 0 Å². The molecule has 1 aromatic carbocycles. The van der Waals surface area contributed by atoms with Gasteiger partial charge < -0.3 is 4.42 Å². The SMILES string of the molecule is CCS(=O)(=O)N1CCc2cc(C(=O)CSc3nnc(C4CC4)o3)ccc21. The van der Waals surface area contributed by atoms with Crippen molar-refractivity contribution in [2.24, 2.45) is 0 Å². The van der Waals surface area contributed by atoms with Crippen molar-refractivity contribution < 1.29 is 17.6 Å². The number of rotatable bonds is 7. The zero-order valence-electron chi connectivity index (χ0n) is 14.3. The van der Waals surface area contributed by atoms with Crippen LogP contribution in [0.25, 0.3) is 0 Å². The highest BCUT2D eigenvalue weighted by Gasteiger charge is 2.30. The van der Waals surface area contributed by atoms with Gasteiger partial charge in [0.05, 0.1) is 17.2 Å². The lowest BCUT2D eigenvalue weighted by molar-refractivity contribution is 0.102. The molecule has 1 aliphatic heterocycles. The number of hydrogen-bond acceptors (Lipinski definition) is 7.